The number of hydrogen-bond acceptors (Lipinski definition) is 5. The van der Waals surface area contributed by atoms with Crippen molar-refractivity contribution in [3.63, 3.8) is 0 Å². The molecule has 0 rings (SSSR count). The Hall–Kier alpha value is -0.403. The molecule has 0 radical (unpaired) electrons. The first kappa shape index (κ1) is 11.6. The van der Waals surface area contributed by atoms with Gasteiger partial charge in [-0.3, -0.25) is 0 Å². The Morgan fingerprint density at radius 3 is 2.42 bits per heavy atom. The Labute approximate surface area is 72.4 Å². The SMILES string of the molecule is C=COC(CCC)O[Si](O)(O)O. The highest BCUT2D eigenvalue weighted by Gasteiger charge is 2.34. The van der Waals surface area contributed by atoms with Crippen LogP contribution in [0.1, 0.15) is 19.8 Å². The molecule has 12 heavy (non-hydrogen) atoms. The van der Waals surface area contributed by atoms with Gasteiger partial charge < -0.3 is 23.5 Å². The van der Waals surface area contributed by atoms with Crippen LogP contribution in [0.3, 0.4) is 0 Å². The van der Waals surface area contributed by atoms with Crippen molar-refractivity contribution < 1.29 is 23.5 Å². The third-order valence-electron chi connectivity index (χ3n) is 1.06. The molecular weight excluding hydrogens is 180 g/mol. The van der Waals surface area contributed by atoms with E-state index >= 15 is 0 Å². The highest BCUT2D eigenvalue weighted by Crippen LogP contribution is 2.07. The van der Waals surface area contributed by atoms with E-state index in [-0.39, 0.29) is 0 Å². The second-order valence-corrected chi connectivity index (χ2v) is 3.60. The fourth-order valence-corrected chi connectivity index (χ4v) is 1.20. The van der Waals surface area contributed by atoms with E-state index in [1.807, 2.05) is 6.92 Å². The molecule has 0 fully saturated rings. The van der Waals surface area contributed by atoms with Gasteiger partial charge in [0.1, 0.15) is 0 Å². The van der Waals surface area contributed by atoms with E-state index < -0.39 is 15.3 Å². The average molecular weight is 194 g/mol. The van der Waals surface area contributed by atoms with Crippen molar-refractivity contribution in [1.29, 1.82) is 0 Å². The Kier molecular flexibility index (Phi) is 5.10. The fraction of sp³-hybridized carbons (Fsp3) is 0.667. The normalized spacial score (nSPS) is 14.0. The molecule has 0 aliphatic heterocycles. The molecule has 0 spiro atoms. The fourth-order valence-electron chi connectivity index (χ4n) is 0.674. The van der Waals surface area contributed by atoms with E-state index in [0.29, 0.717) is 6.42 Å². The van der Waals surface area contributed by atoms with Gasteiger partial charge in [0.05, 0.1) is 6.26 Å². The monoisotopic (exact) mass is 194 g/mol. The van der Waals surface area contributed by atoms with Crippen molar-refractivity contribution in [2.75, 3.05) is 0 Å². The maximum atomic E-state index is 8.55. The highest BCUT2D eigenvalue weighted by atomic mass is 28.4. The summed E-state index contributed by atoms with van der Waals surface area (Å²) >= 11 is 0. The summed E-state index contributed by atoms with van der Waals surface area (Å²) in [5.74, 6) is 0. The summed E-state index contributed by atoms with van der Waals surface area (Å²) in [5, 5.41) is 0. The van der Waals surface area contributed by atoms with Gasteiger partial charge in [-0.25, -0.2) is 0 Å². The molecule has 0 bridgehead atoms. The molecule has 0 saturated carbocycles. The Morgan fingerprint density at radius 2 is 2.08 bits per heavy atom. The molecule has 6 heteroatoms. The molecule has 3 N–H and O–H groups in total. The number of ether oxygens (including phenoxy) is 1. The molecule has 0 aromatic rings. The van der Waals surface area contributed by atoms with Gasteiger partial charge in [-0.1, -0.05) is 19.9 Å². The summed E-state index contributed by atoms with van der Waals surface area (Å²) < 4.78 is 9.19. The minimum Gasteiger partial charge on any atom is -0.474 e. The van der Waals surface area contributed by atoms with E-state index in [2.05, 4.69) is 11.0 Å². The summed E-state index contributed by atoms with van der Waals surface area (Å²) in [6.07, 6.45) is 1.49. The Bertz CT molecular complexity index is 132. The topological polar surface area (TPSA) is 79.2 Å². The lowest BCUT2D eigenvalue weighted by Crippen LogP contribution is -2.43. The lowest BCUT2D eigenvalue weighted by atomic mass is 10.3. The quantitative estimate of drug-likeness (QED) is 0.307. The van der Waals surface area contributed by atoms with Gasteiger partial charge in [0.2, 0.25) is 0 Å². The zero-order chi connectivity index (χ0) is 9.61. The van der Waals surface area contributed by atoms with Crippen LogP contribution in [0.15, 0.2) is 12.8 Å². The van der Waals surface area contributed by atoms with Gasteiger partial charge in [-0.2, -0.15) is 0 Å². The minimum absolute atomic E-state index is 0.461. The molecule has 1 unspecified atom stereocenters. The molecule has 0 aromatic carbocycles. The van der Waals surface area contributed by atoms with Gasteiger partial charge in [0.25, 0.3) is 0 Å². The summed E-state index contributed by atoms with van der Waals surface area (Å²) in [6.45, 7) is 5.15. The zero-order valence-electron chi connectivity index (χ0n) is 6.93. The number of hydrogen-bond donors (Lipinski definition) is 3. The third-order valence-corrected chi connectivity index (χ3v) is 1.64. The second kappa shape index (κ2) is 5.28. The standard InChI is InChI=1S/C6H14O5Si/c1-3-5-6(10-4-2)11-12(7,8)9/h4,6-9H,2-3,5H2,1H3. The molecule has 0 aromatic heterocycles. The maximum absolute atomic E-state index is 8.55. The van der Waals surface area contributed by atoms with Crippen molar-refractivity contribution in [3.8, 4) is 0 Å². The van der Waals surface area contributed by atoms with Crippen molar-refractivity contribution in [3.05, 3.63) is 12.8 Å². The van der Waals surface area contributed by atoms with Crippen LogP contribution in [0.5, 0.6) is 0 Å². The van der Waals surface area contributed by atoms with Crippen LogP contribution < -0.4 is 0 Å². The van der Waals surface area contributed by atoms with Gasteiger partial charge >= 0.3 is 9.05 Å². The van der Waals surface area contributed by atoms with Crippen molar-refractivity contribution in [2.24, 2.45) is 0 Å². The first-order valence-corrected chi connectivity index (χ1v) is 5.36. The van der Waals surface area contributed by atoms with E-state index in [1.165, 1.54) is 0 Å². The van der Waals surface area contributed by atoms with Crippen molar-refractivity contribution in [1.82, 2.24) is 0 Å². The summed E-state index contributed by atoms with van der Waals surface area (Å²) in [7, 11) is -4.47. The molecule has 0 heterocycles. The molecule has 0 aliphatic carbocycles. The van der Waals surface area contributed by atoms with E-state index in [1.54, 1.807) is 0 Å². The van der Waals surface area contributed by atoms with E-state index in [0.717, 1.165) is 12.7 Å². The predicted octanol–water partition coefficient (Wildman–Crippen LogP) is -0.298. The number of rotatable bonds is 6. The third kappa shape index (κ3) is 6.32. The van der Waals surface area contributed by atoms with E-state index in [9.17, 15) is 0 Å². The first-order chi connectivity index (χ1) is 5.49. The van der Waals surface area contributed by atoms with Crippen molar-refractivity contribution >= 4 is 9.05 Å². The average Bonchev–Trinajstić information content (AvgIpc) is 1.84. The molecule has 0 amide bonds. The Balaban J connectivity index is 3.85. The van der Waals surface area contributed by atoms with E-state index in [4.69, 9.17) is 19.1 Å². The largest absolute Gasteiger partial charge is 0.674 e. The molecule has 5 nitrogen and oxygen atoms in total. The maximum Gasteiger partial charge on any atom is 0.674 e. The van der Waals surface area contributed by atoms with Gasteiger partial charge in [-0.15, -0.1) is 0 Å². The minimum atomic E-state index is -4.47. The molecule has 72 valence electrons. The lowest BCUT2D eigenvalue weighted by molar-refractivity contribution is -0.0972. The van der Waals surface area contributed by atoms with Crippen LogP contribution in [0.2, 0.25) is 0 Å². The lowest BCUT2D eigenvalue weighted by Gasteiger charge is -2.19. The second-order valence-electron chi connectivity index (χ2n) is 2.21. The first-order valence-electron chi connectivity index (χ1n) is 3.61. The molecular formula is C6H14O5Si. The van der Waals surface area contributed by atoms with Crippen molar-refractivity contribution in [2.45, 2.75) is 26.1 Å². The van der Waals surface area contributed by atoms with Gasteiger partial charge in [0.15, 0.2) is 6.29 Å². The summed E-state index contributed by atoms with van der Waals surface area (Å²) in [4.78, 5) is 25.7. The van der Waals surface area contributed by atoms with Crippen LogP contribution in [-0.4, -0.2) is 29.7 Å². The molecule has 0 aliphatic rings. The van der Waals surface area contributed by atoms with Crippen LogP contribution in [-0.2, 0) is 9.16 Å². The molecule has 0 saturated heterocycles. The zero-order valence-corrected chi connectivity index (χ0v) is 7.93. The predicted molar refractivity (Wildman–Crippen MR) is 43.5 cm³/mol. The van der Waals surface area contributed by atoms with Gasteiger partial charge in [0, 0.05) is 6.42 Å². The smallest absolute Gasteiger partial charge is 0.474 e. The van der Waals surface area contributed by atoms with Crippen LogP contribution in [0.4, 0.5) is 0 Å². The van der Waals surface area contributed by atoms with Crippen LogP contribution >= 0.6 is 0 Å². The Morgan fingerprint density at radius 1 is 1.50 bits per heavy atom. The molecule has 1 atom stereocenters. The van der Waals surface area contributed by atoms with Crippen LogP contribution in [0, 0.1) is 0 Å². The van der Waals surface area contributed by atoms with Crippen LogP contribution in [0.25, 0.3) is 0 Å². The summed E-state index contributed by atoms with van der Waals surface area (Å²) in [5.41, 5.74) is 0. The summed E-state index contributed by atoms with van der Waals surface area (Å²) in [6, 6.07) is 0. The van der Waals surface area contributed by atoms with Gasteiger partial charge in [-0.05, 0) is 0 Å². The highest BCUT2D eigenvalue weighted by molar-refractivity contribution is 6.48.